The molecule has 1 aromatic carbocycles. The normalized spacial score (nSPS) is 18.0. The number of aliphatic hydroxyl groups excluding tert-OH is 1. The van der Waals surface area contributed by atoms with Crippen molar-refractivity contribution in [2.75, 3.05) is 18.0 Å². The van der Waals surface area contributed by atoms with Crippen molar-refractivity contribution in [1.29, 1.82) is 0 Å². The molecule has 1 fully saturated rings. The Hall–Kier alpha value is -1.55. The van der Waals surface area contributed by atoms with E-state index in [1.807, 2.05) is 19.1 Å². The zero-order valence-corrected chi connectivity index (χ0v) is 12.1. The van der Waals surface area contributed by atoms with E-state index in [0.717, 1.165) is 37.9 Å². The zero-order chi connectivity index (χ0) is 14.5. The number of benzene rings is 1. The van der Waals surface area contributed by atoms with Crippen molar-refractivity contribution in [1.82, 2.24) is 0 Å². The fourth-order valence-corrected chi connectivity index (χ4v) is 2.82. The maximum absolute atomic E-state index is 10.9. The van der Waals surface area contributed by atoms with Crippen LogP contribution in [0.25, 0.3) is 0 Å². The number of carbonyl (C=O) groups is 1. The van der Waals surface area contributed by atoms with Gasteiger partial charge >= 0.3 is 0 Å². The molecular formula is C16H24N2O2. The third-order valence-corrected chi connectivity index (χ3v) is 4.13. The molecule has 1 atom stereocenters. The summed E-state index contributed by atoms with van der Waals surface area (Å²) in [5.74, 6) is 0.242. The molecule has 3 N–H and O–H groups in total. The molecule has 1 aliphatic heterocycles. The Bertz CT molecular complexity index is 436. The number of rotatable bonds is 5. The Labute approximate surface area is 120 Å². The first-order valence-electron chi connectivity index (χ1n) is 7.41. The highest BCUT2D eigenvalue weighted by atomic mass is 16.3. The maximum Gasteiger partial charge on any atom is 0.217 e. The van der Waals surface area contributed by atoms with E-state index in [2.05, 4.69) is 17.0 Å². The highest BCUT2D eigenvalue weighted by molar-refractivity contribution is 5.74. The Kier molecular flexibility index (Phi) is 5.01. The molecule has 0 aliphatic carbocycles. The number of hydrogen-bond acceptors (Lipinski definition) is 3. The molecule has 1 heterocycles. The van der Waals surface area contributed by atoms with Crippen molar-refractivity contribution in [3.63, 3.8) is 0 Å². The lowest BCUT2D eigenvalue weighted by atomic mass is 9.93. The molecule has 0 bridgehead atoms. The predicted octanol–water partition coefficient (Wildman–Crippen LogP) is 2.22. The molecule has 0 unspecified atom stereocenters. The fraction of sp³-hybridized carbons (Fsp3) is 0.562. The lowest BCUT2D eigenvalue weighted by Gasteiger charge is -2.33. The third-order valence-electron chi connectivity index (χ3n) is 4.13. The third kappa shape index (κ3) is 3.73. The number of anilines is 1. The van der Waals surface area contributed by atoms with Crippen LogP contribution in [0.4, 0.5) is 5.69 Å². The first kappa shape index (κ1) is 14.9. The van der Waals surface area contributed by atoms with E-state index in [9.17, 15) is 9.90 Å². The van der Waals surface area contributed by atoms with Gasteiger partial charge in [-0.05, 0) is 42.9 Å². The largest absolute Gasteiger partial charge is 0.388 e. The summed E-state index contributed by atoms with van der Waals surface area (Å²) < 4.78 is 0. The Morgan fingerprint density at radius 1 is 1.35 bits per heavy atom. The number of piperidine rings is 1. The molecule has 110 valence electrons. The number of carbonyl (C=O) groups excluding carboxylic acids is 1. The smallest absolute Gasteiger partial charge is 0.217 e. The van der Waals surface area contributed by atoms with Crippen LogP contribution >= 0.6 is 0 Å². The maximum atomic E-state index is 10.9. The summed E-state index contributed by atoms with van der Waals surface area (Å²) in [5.41, 5.74) is 7.41. The van der Waals surface area contributed by atoms with Crippen LogP contribution in [-0.4, -0.2) is 24.1 Å². The van der Waals surface area contributed by atoms with Crippen molar-refractivity contribution in [2.24, 2.45) is 11.7 Å². The Morgan fingerprint density at radius 3 is 2.45 bits per heavy atom. The Balaban J connectivity index is 1.92. The van der Waals surface area contributed by atoms with Crippen LogP contribution in [0, 0.1) is 5.92 Å². The van der Waals surface area contributed by atoms with Gasteiger partial charge in [-0.25, -0.2) is 0 Å². The summed E-state index contributed by atoms with van der Waals surface area (Å²) in [6, 6.07) is 8.14. The lowest BCUT2D eigenvalue weighted by molar-refractivity contribution is -0.119. The van der Waals surface area contributed by atoms with Gasteiger partial charge in [0.25, 0.3) is 0 Å². The van der Waals surface area contributed by atoms with E-state index in [4.69, 9.17) is 5.73 Å². The van der Waals surface area contributed by atoms with Gasteiger partial charge in [-0.15, -0.1) is 0 Å². The molecule has 1 saturated heterocycles. The molecule has 0 radical (unpaired) electrons. The predicted molar refractivity (Wildman–Crippen MR) is 80.4 cm³/mol. The van der Waals surface area contributed by atoms with E-state index in [1.165, 1.54) is 5.69 Å². The van der Waals surface area contributed by atoms with Crippen LogP contribution in [0.15, 0.2) is 24.3 Å². The number of nitrogens with two attached hydrogens (primary N) is 1. The van der Waals surface area contributed by atoms with Gasteiger partial charge in [0.05, 0.1) is 6.10 Å². The summed E-state index contributed by atoms with van der Waals surface area (Å²) in [4.78, 5) is 13.3. The van der Waals surface area contributed by atoms with E-state index in [1.54, 1.807) is 0 Å². The summed E-state index contributed by atoms with van der Waals surface area (Å²) in [6.45, 7) is 3.91. The zero-order valence-electron chi connectivity index (χ0n) is 12.1. The number of nitrogens with zero attached hydrogens (tertiary/aromatic N) is 1. The van der Waals surface area contributed by atoms with Gasteiger partial charge in [0.1, 0.15) is 0 Å². The van der Waals surface area contributed by atoms with Gasteiger partial charge in [-0.3, -0.25) is 4.79 Å². The van der Waals surface area contributed by atoms with Crippen LogP contribution in [0.1, 0.15) is 44.3 Å². The molecular weight excluding hydrogens is 252 g/mol. The average molecular weight is 276 g/mol. The molecule has 1 amide bonds. The lowest BCUT2D eigenvalue weighted by Crippen LogP contribution is -2.35. The van der Waals surface area contributed by atoms with E-state index in [0.29, 0.717) is 12.3 Å². The topological polar surface area (TPSA) is 66.6 Å². The van der Waals surface area contributed by atoms with E-state index < -0.39 is 0 Å². The first-order valence-corrected chi connectivity index (χ1v) is 7.41. The molecule has 2 rings (SSSR count). The Morgan fingerprint density at radius 2 is 1.95 bits per heavy atom. The molecule has 4 heteroatoms. The number of hydrogen-bond donors (Lipinski definition) is 2. The highest BCUT2D eigenvalue weighted by Crippen LogP contribution is 2.26. The minimum absolute atomic E-state index is 0.193. The molecule has 4 nitrogen and oxygen atoms in total. The van der Waals surface area contributed by atoms with Gasteiger partial charge in [0.2, 0.25) is 5.91 Å². The monoisotopic (exact) mass is 276 g/mol. The van der Waals surface area contributed by atoms with Crippen LogP contribution in [0.5, 0.6) is 0 Å². The van der Waals surface area contributed by atoms with Gasteiger partial charge in [-0.2, -0.15) is 0 Å². The van der Waals surface area contributed by atoms with Crippen molar-refractivity contribution in [3.8, 4) is 0 Å². The van der Waals surface area contributed by atoms with E-state index >= 15 is 0 Å². The summed E-state index contributed by atoms with van der Waals surface area (Å²) in [5, 5.41) is 9.79. The van der Waals surface area contributed by atoms with Gasteiger partial charge in [-0.1, -0.05) is 19.1 Å². The molecule has 0 aromatic heterocycles. The van der Waals surface area contributed by atoms with Crippen molar-refractivity contribution in [2.45, 2.75) is 38.7 Å². The van der Waals surface area contributed by atoms with Crippen molar-refractivity contribution >= 4 is 11.6 Å². The van der Waals surface area contributed by atoms with Gasteiger partial charge in [0.15, 0.2) is 0 Å². The second kappa shape index (κ2) is 6.75. The highest BCUT2D eigenvalue weighted by Gasteiger charge is 2.20. The SMILES string of the molecule is CC[C@H](O)c1ccc(N2CCC(CC(N)=O)CC2)cc1. The van der Waals surface area contributed by atoms with E-state index in [-0.39, 0.29) is 12.0 Å². The molecule has 0 spiro atoms. The van der Waals surface area contributed by atoms with Gasteiger partial charge in [0, 0.05) is 25.2 Å². The summed E-state index contributed by atoms with van der Waals surface area (Å²) >= 11 is 0. The van der Waals surface area contributed by atoms with Crippen molar-refractivity contribution < 1.29 is 9.90 Å². The van der Waals surface area contributed by atoms with Gasteiger partial charge < -0.3 is 15.7 Å². The number of aliphatic hydroxyl groups is 1. The minimum Gasteiger partial charge on any atom is -0.388 e. The van der Waals surface area contributed by atoms with Crippen LogP contribution in [-0.2, 0) is 4.79 Å². The molecule has 20 heavy (non-hydrogen) atoms. The van der Waals surface area contributed by atoms with Crippen LogP contribution < -0.4 is 10.6 Å². The second-order valence-electron chi connectivity index (χ2n) is 5.62. The molecule has 0 saturated carbocycles. The summed E-state index contributed by atoms with van der Waals surface area (Å²) in [7, 11) is 0. The van der Waals surface area contributed by atoms with Crippen LogP contribution in [0.2, 0.25) is 0 Å². The first-order chi connectivity index (χ1) is 9.60. The van der Waals surface area contributed by atoms with Crippen molar-refractivity contribution in [3.05, 3.63) is 29.8 Å². The number of primary amides is 1. The number of amides is 1. The quantitative estimate of drug-likeness (QED) is 0.866. The minimum atomic E-state index is -0.370. The summed E-state index contributed by atoms with van der Waals surface area (Å²) in [6.07, 6.45) is 2.91. The molecule has 1 aromatic rings. The fourth-order valence-electron chi connectivity index (χ4n) is 2.82. The average Bonchev–Trinajstić information content (AvgIpc) is 2.47. The molecule has 1 aliphatic rings. The van der Waals surface area contributed by atoms with Crippen LogP contribution in [0.3, 0.4) is 0 Å². The second-order valence-corrected chi connectivity index (χ2v) is 5.62. The standard InChI is InChI=1S/C16H24N2O2/c1-2-15(19)13-3-5-14(6-4-13)18-9-7-12(8-10-18)11-16(17)20/h3-6,12,15,19H,2,7-11H2,1H3,(H2,17,20)/t15-/m0/s1.